The van der Waals surface area contributed by atoms with Gasteiger partial charge in [-0.2, -0.15) is 0 Å². The number of hydrogen-bond acceptors (Lipinski definition) is 5. The summed E-state index contributed by atoms with van der Waals surface area (Å²) in [7, 11) is 3.49. The molecule has 2 saturated carbocycles. The molecule has 3 unspecified atom stereocenters. The molecular formula is C33H44BF2NO5. The van der Waals surface area contributed by atoms with Crippen LogP contribution in [0.2, 0.25) is 0 Å². The monoisotopic (exact) mass is 583 g/mol. The number of methoxy groups -OCH3 is 2. The summed E-state index contributed by atoms with van der Waals surface area (Å²) >= 11 is 0. The number of nitrogens with zero attached hydrogens (tertiary/aromatic N) is 1. The van der Waals surface area contributed by atoms with Crippen LogP contribution in [0.1, 0.15) is 74.5 Å². The summed E-state index contributed by atoms with van der Waals surface area (Å²) in [6.07, 6.45) is 5.02. The van der Waals surface area contributed by atoms with Gasteiger partial charge < -0.3 is 24.4 Å². The van der Waals surface area contributed by atoms with Crippen molar-refractivity contribution in [3.63, 3.8) is 0 Å². The van der Waals surface area contributed by atoms with Gasteiger partial charge in [-0.1, -0.05) is 31.2 Å². The van der Waals surface area contributed by atoms with Crippen molar-refractivity contribution in [2.45, 2.75) is 76.6 Å². The van der Waals surface area contributed by atoms with E-state index in [-0.39, 0.29) is 36.0 Å². The first kappa shape index (κ1) is 30.8. The lowest BCUT2D eigenvalue weighted by atomic mass is 9.53. The van der Waals surface area contributed by atoms with E-state index in [1.807, 2.05) is 37.3 Å². The third kappa shape index (κ3) is 5.67. The van der Waals surface area contributed by atoms with Gasteiger partial charge in [-0.15, -0.1) is 0 Å². The smallest absolute Gasteiger partial charge is 0.488 e. The second-order valence-electron chi connectivity index (χ2n) is 12.9. The summed E-state index contributed by atoms with van der Waals surface area (Å²) in [5.41, 5.74) is 2.82. The number of carbonyl (C=O) groups excluding carboxylic acids is 1. The Morgan fingerprint density at radius 1 is 1.10 bits per heavy atom. The zero-order chi connectivity index (χ0) is 30.2. The fourth-order valence-corrected chi connectivity index (χ4v) is 8.44. The molecule has 6 nitrogen and oxygen atoms in total. The Morgan fingerprint density at radius 2 is 1.86 bits per heavy atom. The van der Waals surface area contributed by atoms with E-state index in [2.05, 4.69) is 0 Å². The van der Waals surface area contributed by atoms with E-state index < -0.39 is 18.5 Å². The van der Waals surface area contributed by atoms with Gasteiger partial charge in [0.05, 0.1) is 14.2 Å². The van der Waals surface area contributed by atoms with E-state index in [0.29, 0.717) is 55.6 Å². The lowest BCUT2D eigenvalue weighted by molar-refractivity contribution is -0.133. The predicted molar refractivity (Wildman–Crippen MR) is 159 cm³/mol. The van der Waals surface area contributed by atoms with Gasteiger partial charge >= 0.3 is 7.12 Å². The summed E-state index contributed by atoms with van der Waals surface area (Å²) in [6.45, 7) is 2.37. The molecule has 0 saturated heterocycles. The van der Waals surface area contributed by atoms with Gasteiger partial charge in [0.1, 0.15) is 0 Å². The largest absolute Gasteiger partial charge is 0.493 e. The Morgan fingerprint density at radius 3 is 2.57 bits per heavy atom. The molecule has 5 atom stereocenters. The van der Waals surface area contributed by atoms with Gasteiger partial charge in [-0.3, -0.25) is 4.79 Å². The molecule has 2 N–H and O–H groups in total. The number of carbonyl (C=O) groups is 1. The molecule has 0 radical (unpaired) electrons. The molecule has 9 heteroatoms. The van der Waals surface area contributed by atoms with Crippen LogP contribution in [0.25, 0.3) is 0 Å². The molecule has 0 aromatic heterocycles. The standard InChI is InChI=1S/C33H44BF2NO5/c1-32-16-14-26-25-12-10-24(34(39)40)19-22(25)9-11-27(26)31(32)23(20-33(32,35)36)6-5-7-30(38)37(2)17-15-21-8-13-28(41-3)29(18-21)42-4/h8,10,12-13,18-19,23,26-27,31,39-40H,5-7,9,11,14-17,20H2,1-4H3/t23-,26?,27?,31?,32-/m0/s1. The molecule has 3 aliphatic carbocycles. The number of alkyl halides is 2. The Kier molecular flexibility index (Phi) is 8.91. The summed E-state index contributed by atoms with van der Waals surface area (Å²) in [5.74, 6) is -1.14. The zero-order valence-corrected chi connectivity index (χ0v) is 25.2. The molecule has 2 aromatic carbocycles. The van der Waals surface area contributed by atoms with Crippen molar-refractivity contribution in [3.8, 4) is 11.5 Å². The van der Waals surface area contributed by atoms with Gasteiger partial charge in [0, 0.05) is 31.8 Å². The first-order valence-electron chi connectivity index (χ1n) is 15.3. The van der Waals surface area contributed by atoms with Crippen molar-refractivity contribution in [2.24, 2.45) is 23.2 Å². The van der Waals surface area contributed by atoms with Crippen LogP contribution in [0, 0.1) is 23.2 Å². The Hall–Kier alpha value is -2.65. The first-order chi connectivity index (χ1) is 20.0. The molecule has 0 aliphatic heterocycles. The predicted octanol–water partition coefficient (Wildman–Crippen LogP) is 4.97. The Labute approximate surface area is 248 Å². The van der Waals surface area contributed by atoms with E-state index in [4.69, 9.17) is 9.47 Å². The SMILES string of the molecule is COc1ccc(CCN(C)C(=O)CCC[C@H]2CC(F)(F)[C@@]3(C)CCC4c5ccc(B(O)O)cc5CCC4C23)cc1OC. The van der Waals surface area contributed by atoms with Crippen LogP contribution in [0.4, 0.5) is 8.78 Å². The van der Waals surface area contributed by atoms with Crippen molar-refractivity contribution >= 4 is 18.5 Å². The number of ether oxygens (including phenoxy) is 2. The lowest BCUT2D eigenvalue weighted by Crippen LogP contribution is -2.47. The molecule has 5 rings (SSSR count). The second kappa shape index (κ2) is 12.2. The number of fused-ring (bicyclic) bond motifs is 5. The highest BCUT2D eigenvalue weighted by Gasteiger charge is 2.67. The average molecular weight is 584 g/mol. The molecule has 0 heterocycles. The maximum atomic E-state index is 15.6. The number of likely N-dealkylation sites (N-methyl/N-ethyl adjacent to an activating group) is 1. The molecular weight excluding hydrogens is 539 g/mol. The first-order valence-corrected chi connectivity index (χ1v) is 15.3. The molecule has 2 aromatic rings. The van der Waals surface area contributed by atoms with E-state index in [1.165, 1.54) is 5.56 Å². The molecule has 228 valence electrons. The number of hydrogen-bond donors (Lipinski definition) is 2. The van der Waals surface area contributed by atoms with E-state index in [0.717, 1.165) is 30.4 Å². The summed E-state index contributed by atoms with van der Waals surface area (Å²) < 4.78 is 42.0. The molecule has 0 spiro atoms. The van der Waals surface area contributed by atoms with Gasteiger partial charge in [-0.05, 0) is 103 Å². The number of halogens is 2. The van der Waals surface area contributed by atoms with Crippen LogP contribution >= 0.6 is 0 Å². The fourth-order valence-electron chi connectivity index (χ4n) is 8.44. The fraction of sp³-hybridized carbons (Fsp3) is 0.606. The van der Waals surface area contributed by atoms with Crippen molar-refractivity contribution in [2.75, 3.05) is 27.8 Å². The highest BCUT2D eigenvalue weighted by molar-refractivity contribution is 6.58. The normalized spacial score (nSPS) is 27.4. The van der Waals surface area contributed by atoms with Gasteiger partial charge in [-0.25, -0.2) is 8.78 Å². The maximum Gasteiger partial charge on any atom is 0.488 e. The summed E-state index contributed by atoms with van der Waals surface area (Å²) in [5, 5.41) is 19.2. The van der Waals surface area contributed by atoms with Crippen molar-refractivity contribution in [1.29, 1.82) is 0 Å². The topological polar surface area (TPSA) is 79.2 Å². The van der Waals surface area contributed by atoms with Gasteiger partial charge in [0.25, 0.3) is 5.92 Å². The third-order valence-electron chi connectivity index (χ3n) is 10.7. The molecule has 2 fully saturated rings. The van der Waals surface area contributed by atoms with E-state index in [9.17, 15) is 14.8 Å². The average Bonchev–Trinajstić information content (AvgIpc) is 3.19. The Balaban J connectivity index is 1.21. The van der Waals surface area contributed by atoms with Gasteiger partial charge in [0.2, 0.25) is 5.91 Å². The molecule has 1 amide bonds. The quantitative estimate of drug-likeness (QED) is 0.386. The van der Waals surface area contributed by atoms with Crippen molar-refractivity contribution in [3.05, 3.63) is 53.1 Å². The highest BCUT2D eigenvalue weighted by Crippen LogP contribution is 2.68. The number of amides is 1. The van der Waals surface area contributed by atoms with Crippen LogP contribution in [-0.4, -0.2) is 61.7 Å². The number of rotatable bonds is 10. The lowest BCUT2D eigenvalue weighted by Gasteiger charge is -2.51. The number of aryl methyl sites for hydroxylation is 1. The van der Waals surface area contributed by atoms with Crippen LogP contribution in [0.3, 0.4) is 0 Å². The van der Waals surface area contributed by atoms with Crippen molar-refractivity contribution < 1.29 is 33.1 Å². The zero-order valence-electron chi connectivity index (χ0n) is 25.2. The second-order valence-corrected chi connectivity index (χ2v) is 12.9. The molecule has 0 bridgehead atoms. The van der Waals surface area contributed by atoms with Crippen molar-refractivity contribution in [1.82, 2.24) is 4.90 Å². The summed E-state index contributed by atoms with van der Waals surface area (Å²) in [6, 6.07) is 11.4. The van der Waals surface area contributed by atoms with Crippen LogP contribution in [0.15, 0.2) is 36.4 Å². The molecule has 42 heavy (non-hydrogen) atoms. The highest BCUT2D eigenvalue weighted by atomic mass is 19.3. The van der Waals surface area contributed by atoms with Crippen LogP contribution in [0.5, 0.6) is 11.5 Å². The van der Waals surface area contributed by atoms with Crippen LogP contribution < -0.4 is 14.9 Å². The van der Waals surface area contributed by atoms with E-state index in [1.54, 1.807) is 32.2 Å². The summed E-state index contributed by atoms with van der Waals surface area (Å²) in [4.78, 5) is 14.7. The maximum absolute atomic E-state index is 15.6. The minimum atomic E-state index is -2.71. The third-order valence-corrected chi connectivity index (χ3v) is 10.7. The van der Waals surface area contributed by atoms with Gasteiger partial charge in [0.15, 0.2) is 11.5 Å². The Bertz CT molecular complexity index is 1290. The molecule has 3 aliphatic rings. The van der Waals surface area contributed by atoms with E-state index >= 15 is 8.78 Å². The minimum absolute atomic E-state index is 0.0398. The van der Waals surface area contributed by atoms with Crippen LogP contribution in [-0.2, 0) is 17.6 Å². The number of benzene rings is 2. The minimum Gasteiger partial charge on any atom is -0.493 e.